The van der Waals surface area contributed by atoms with Gasteiger partial charge < -0.3 is 0 Å². The van der Waals surface area contributed by atoms with Crippen molar-refractivity contribution in [3.63, 3.8) is 0 Å². The molecular formula is C4H7N2+. The van der Waals surface area contributed by atoms with Gasteiger partial charge in [-0.15, -0.1) is 0 Å². The summed E-state index contributed by atoms with van der Waals surface area (Å²) in [5, 5.41) is 0. The largest absolute Gasteiger partial charge is 0.280 e. The lowest BCUT2D eigenvalue weighted by Crippen LogP contribution is -2.71. The molecule has 2 heteroatoms. The summed E-state index contributed by atoms with van der Waals surface area (Å²) in [6.45, 7) is 1.92. The minimum atomic E-state index is 0.927. The highest BCUT2D eigenvalue weighted by Crippen LogP contribution is 1.58. The Balaban J connectivity index is 2.46. The van der Waals surface area contributed by atoms with Crippen LogP contribution in [0.25, 0.3) is 0 Å². The first-order chi connectivity index (χ1) is 3.00. The summed E-state index contributed by atoms with van der Waals surface area (Å²) in [4.78, 5) is 6.94. The summed E-state index contributed by atoms with van der Waals surface area (Å²) in [5.41, 5.74) is 0. The summed E-state index contributed by atoms with van der Waals surface area (Å²) >= 11 is 0. The Morgan fingerprint density at radius 2 is 2.67 bits per heavy atom. The first kappa shape index (κ1) is 3.53. The summed E-state index contributed by atoms with van der Waals surface area (Å²) in [5.74, 6) is 0. The lowest BCUT2D eigenvalue weighted by molar-refractivity contribution is -0.447. The molecule has 0 aromatic heterocycles. The fourth-order valence-corrected chi connectivity index (χ4v) is 0.392. The van der Waals surface area contributed by atoms with E-state index in [4.69, 9.17) is 0 Å². The van der Waals surface area contributed by atoms with Crippen LogP contribution < -0.4 is 4.99 Å². The maximum atomic E-state index is 3.93. The van der Waals surface area contributed by atoms with Crippen molar-refractivity contribution in [2.45, 2.75) is 0 Å². The van der Waals surface area contributed by atoms with Crippen molar-refractivity contribution in [3.05, 3.63) is 0 Å². The zero-order valence-electron chi connectivity index (χ0n) is 3.52. The highest BCUT2D eigenvalue weighted by Gasteiger charge is 1.85. The van der Waals surface area contributed by atoms with Crippen LogP contribution in [-0.2, 0) is 0 Å². The van der Waals surface area contributed by atoms with Crippen LogP contribution in [0.2, 0.25) is 0 Å². The SMILES string of the molecule is C1=NCC[NH+]=C1. The molecule has 0 atom stereocenters. The van der Waals surface area contributed by atoms with Crippen molar-refractivity contribution in [1.29, 1.82) is 0 Å². The molecule has 1 N–H and O–H groups in total. The highest BCUT2D eigenvalue weighted by atomic mass is 14.8. The molecular weight excluding hydrogens is 76.1 g/mol. The number of hydrogen-bond donors (Lipinski definition) is 1. The van der Waals surface area contributed by atoms with Crippen LogP contribution in [0, 0.1) is 0 Å². The predicted octanol–water partition coefficient (Wildman–Crippen LogP) is -1.78. The molecule has 0 spiro atoms. The lowest BCUT2D eigenvalue weighted by Gasteiger charge is -1.83. The lowest BCUT2D eigenvalue weighted by atomic mass is 10.6. The van der Waals surface area contributed by atoms with Crippen molar-refractivity contribution in [1.82, 2.24) is 0 Å². The molecule has 0 fully saturated rings. The molecule has 6 heavy (non-hydrogen) atoms. The predicted molar refractivity (Wildman–Crippen MR) is 25.3 cm³/mol. The zero-order chi connectivity index (χ0) is 4.24. The van der Waals surface area contributed by atoms with Crippen LogP contribution in [0.5, 0.6) is 0 Å². The van der Waals surface area contributed by atoms with Gasteiger partial charge in [0.25, 0.3) is 0 Å². The van der Waals surface area contributed by atoms with Gasteiger partial charge in [-0.3, -0.25) is 4.99 Å². The Labute approximate surface area is 36.6 Å². The molecule has 1 rings (SSSR count). The molecule has 0 saturated carbocycles. The van der Waals surface area contributed by atoms with Crippen LogP contribution in [0.1, 0.15) is 0 Å². The molecule has 0 amide bonds. The molecule has 0 bridgehead atoms. The number of nitrogens with zero attached hydrogens (tertiary/aromatic N) is 1. The molecule has 0 aliphatic carbocycles. The third kappa shape index (κ3) is 0.641. The Morgan fingerprint density at radius 1 is 1.67 bits per heavy atom. The van der Waals surface area contributed by atoms with Gasteiger partial charge in [0.1, 0.15) is 0 Å². The number of rotatable bonds is 0. The van der Waals surface area contributed by atoms with Gasteiger partial charge >= 0.3 is 0 Å². The second-order valence-corrected chi connectivity index (χ2v) is 1.18. The Hall–Kier alpha value is -0.660. The topological polar surface area (TPSA) is 26.3 Å². The third-order valence-electron chi connectivity index (χ3n) is 0.683. The molecule has 1 aliphatic heterocycles. The second-order valence-electron chi connectivity index (χ2n) is 1.18. The molecule has 1 aliphatic rings. The van der Waals surface area contributed by atoms with Gasteiger partial charge in [0.05, 0.1) is 12.8 Å². The van der Waals surface area contributed by atoms with Crippen LogP contribution in [0.4, 0.5) is 0 Å². The van der Waals surface area contributed by atoms with Crippen LogP contribution in [-0.4, -0.2) is 25.5 Å². The number of hydrogen-bond acceptors (Lipinski definition) is 1. The number of nitrogens with one attached hydrogen (secondary N) is 1. The molecule has 2 nitrogen and oxygen atoms in total. The monoisotopic (exact) mass is 83.1 g/mol. The van der Waals surface area contributed by atoms with E-state index >= 15 is 0 Å². The summed E-state index contributed by atoms with van der Waals surface area (Å²) < 4.78 is 0. The quantitative estimate of drug-likeness (QED) is 0.358. The normalized spacial score (nSPS) is 18.7. The molecule has 0 unspecified atom stereocenters. The summed E-state index contributed by atoms with van der Waals surface area (Å²) in [7, 11) is 0. The van der Waals surface area contributed by atoms with E-state index in [-0.39, 0.29) is 0 Å². The van der Waals surface area contributed by atoms with Crippen molar-refractivity contribution >= 4 is 12.4 Å². The van der Waals surface area contributed by atoms with E-state index in [2.05, 4.69) is 9.98 Å². The molecule has 0 aromatic carbocycles. The van der Waals surface area contributed by atoms with Gasteiger partial charge in [0.2, 0.25) is 0 Å². The Morgan fingerprint density at radius 3 is 2.83 bits per heavy atom. The van der Waals surface area contributed by atoms with E-state index in [0.29, 0.717) is 0 Å². The summed E-state index contributed by atoms with van der Waals surface area (Å²) in [6.07, 6.45) is 3.63. The molecule has 1 heterocycles. The second kappa shape index (κ2) is 1.70. The van der Waals surface area contributed by atoms with E-state index in [1.54, 1.807) is 6.21 Å². The van der Waals surface area contributed by atoms with Gasteiger partial charge in [-0.25, -0.2) is 4.99 Å². The van der Waals surface area contributed by atoms with Gasteiger partial charge in [0.15, 0.2) is 12.8 Å². The third-order valence-corrected chi connectivity index (χ3v) is 0.683. The highest BCUT2D eigenvalue weighted by molar-refractivity contribution is 6.13. The minimum absolute atomic E-state index is 0.927. The maximum absolute atomic E-state index is 3.93. The minimum Gasteiger partial charge on any atom is -0.280 e. The van der Waals surface area contributed by atoms with Gasteiger partial charge in [-0.05, 0) is 0 Å². The summed E-state index contributed by atoms with van der Waals surface area (Å²) in [6, 6.07) is 0. The molecule has 0 aromatic rings. The van der Waals surface area contributed by atoms with Crippen molar-refractivity contribution < 1.29 is 4.99 Å². The standard InChI is InChI=1S/C4H6N2/c1-2-6-4-3-5-1/h1-2H,3-4H2/p+1. The Kier molecular flexibility index (Phi) is 0.998. The van der Waals surface area contributed by atoms with Crippen LogP contribution in [0.3, 0.4) is 0 Å². The first-order valence-electron chi connectivity index (χ1n) is 2.05. The van der Waals surface area contributed by atoms with E-state index in [1.165, 1.54) is 0 Å². The van der Waals surface area contributed by atoms with E-state index in [0.717, 1.165) is 13.1 Å². The maximum Gasteiger partial charge on any atom is 0.179 e. The Bertz CT molecular complexity index is 71.5. The number of aliphatic imine (C=N–C) groups is 1. The average molecular weight is 83.1 g/mol. The van der Waals surface area contributed by atoms with Crippen molar-refractivity contribution in [2.24, 2.45) is 4.99 Å². The zero-order valence-corrected chi connectivity index (χ0v) is 3.52. The van der Waals surface area contributed by atoms with Gasteiger partial charge in [-0.2, -0.15) is 0 Å². The fraction of sp³-hybridized carbons (Fsp3) is 0.500. The average Bonchev–Trinajstić information content (AvgIpc) is 1.72. The van der Waals surface area contributed by atoms with Crippen LogP contribution >= 0.6 is 0 Å². The van der Waals surface area contributed by atoms with Gasteiger partial charge in [-0.1, -0.05) is 0 Å². The van der Waals surface area contributed by atoms with Crippen molar-refractivity contribution in [3.8, 4) is 0 Å². The fourth-order valence-electron chi connectivity index (χ4n) is 0.392. The first-order valence-corrected chi connectivity index (χ1v) is 2.05. The molecule has 32 valence electrons. The van der Waals surface area contributed by atoms with E-state index in [9.17, 15) is 0 Å². The molecule has 0 saturated heterocycles. The smallest absolute Gasteiger partial charge is 0.179 e. The molecule has 0 radical (unpaired) electrons. The van der Waals surface area contributed by atoms with Gasteiger partial charge in [0, 0.05) is 0 Å². The van der Waals surface area contributed by atoms with E-state index in [1.807, 2.05) is 6.21 Å². The van der Waals surface area contributed by atoms with Crippen LogP contribution in [0.15, 0.2) is 4.99 Å². The van der Waals surface area contributed by atoms with Crippen molar-refractivity contribution in [2.75, 3.05) is 13.1 Å². The van der Waals surface area contributed by atoms with E-state index < -0.39 is 0 Å².